The molecule has 1 aromatic heterocycles. The predicted molar refractivity (Wildman–Crippen MR) is 164 cm³/mol. The zero-order valence-corrected chi connectivity index (χ0v) is 26.1. The summed E-state index contributed by atoms with van der Waals surface area (Å²) in [6.07, 6.45) is 3.64. The van der Waals surface area contributed by atoms with E-state index in [1.165, 1.54) is 13.3 Å². The van der Waals surface area contributed by atoms with E-state index >= 15 is 0 Å². The van der Waals surface area contributed by atoms with Crippen LogP contribution in [0.15, 0.2) is 53.9 Å². The van der Waals surface area contributed by atoms with Crippen LogP contribution in [0.1, 0.15) is 75.5 Å². The Morgan fingerprint density at radius 2 is 1.77 bits per heavy atom. The third-order valence-electron chi connectivity index (χ3n) is 5.92. The van der Waals surface area contributed by atoms with Gasteiger partial charge in [-0.05, 0) is 77.8 Å². The van der Waals surface area contributed by atoms with Crippen molar-refractivity contribution >= 4 is 35.8 Å². The molecule has 0 radical (unpaired) electrons. The summed E-state index contributed by atoms with van der Waals surface area (Å²) in [7, 11) is 1.35. The quantitative estimate of drug-likeness (QED) is 0.207. The van der Waals surface area contributed by atoms with E-state index in [1.807, 2.05) is 13.0 Å². The summed E-state index contributed by atoms with van der Waals surface area (Å²) in [6.45, 7) is 16.8. The molecule has 2 aromatic rings. The normalized spacial score (nSPS) is 13.2. The van der Waals surface area contributed by atoms with E-state index in [4.69, 9.17) is 18.9 Å². The van der Waals surface area contributed by atoms with Gasteiger partial charge in [-0.1, -0.05) is 18.7 Å². The highest BCUT2D eigenvalue weighted by molar-refractivity contribution is 5.92. The number of nitrogens with zero attached hydrogens (tertiary/aromatic N) is 3. The number of rotatable bonds is 8. The number of pyridine rings is 1. The van der Waals surface area contributed by atoms with Crippen molar-refractivity contribution in [2.45, 2.75) is 72.6 Å². The zero-order chi connectivity index (χ0) is 31.9. The monoisotopic (exact) mass is 592 g/mol. The van der Waals surface area contributed by atoms with Crippen molar-refractivity contribution in [3.8, 4) is 5.75 Å². The predicted octanol–water partition coefficient (Wildman–Crippen LogP) is 6.53. The SMILES string of the molecule is C=C(/N=C\C=C(/C)c1cnc(NCc2cccc(C(=O)OC)c2)c2c1OCC2)N(C(=O)OC(C)(C)C)C(=O)OC(C)(C)C. The Hall–Kier alpha value is -4.67. The Kier molecular flexibility index (Phi) is 10.3. The number of aliphatic imine (C=N–C) groups is 1. The number of aromatic nitrogens is 1. The molecule has 0 atom stereocenters. The smallest absolute Gasteiger partial charge is 0.425 e. The van der Waals surface area contributed by atoms with Crippen molar-refractivity contribution in [1.82, 2.24) is 9.88 Å². The fourth-order valence-electron chi connectivity index (χ4n) is 4.02. The lowest BCUT2D eigenvalue weighted by Gasteiger charge is -2.28. The number of methoxy groups -OCH3 is 1. The van der Waals surface area contributed by atoms with Gasteiger partial charge in [0.15, 0.2) is 0 Å². The largest absolute Gasteiger partial charge is 0.492 e. The van der Waals surface area contributed by atoms with Crippen LogP contribution >= 0.6 is 0 Å². The number of fused-ring (bicyclic) bond motifs is 1. The van der Waals surface area contributed by atoms with Gasteiger partial charge in [-0.15, -0.1) is 0 Å². The van der Waals surface area contributed by atoms with Crippen LogP contribution in [-0.4, -0.2) is 59.2 Å². The molecule has 1 aliphatic heterocycles. The lowest BCUT2D eigenvalue weighted by Crippen LogP contribution is -2.42. The van der Waals surface area contributed by atoms with Crippen LogP contribution in [0.2, 0.25) is 0 Å². The summed E-state index contributed by atoms with van der Waals surface area (Å²) in [5, 5.41) is 3.34. The van der Waals surface area contributed by atoms with Gasteiger partial charge < -0.3 is 24.3 Å². The second-order valence-electron chi connectivity index (χ2n) is 11.8. The molecule has 2 amide bonds. The van der Waals surface area contributed by atoms with Gasteiger partial charge in [-0.3, -0.25) is 0 Å². The average molecular weight is 593 g/mol. The van der Waals surface area contributed by atoms with E-state index < -0.39 is 29.4 Å². The molecule has 0 fully saturated rings. The maximum atomic E-state index is 12.8. The number of carbonyl (C=O) groups excluding carboxylic acids is 3. The summed E-state index contributed by atoms with van der Waals surface area (Å²) in [5.41, 5.74) is 2.19. The molecule has 0 unspecified atom stereocenters. The number of nitrogens with one attached hydrogen (secondary N) is 1. The summed E-state index contributed by atoms with van der Waals surface area (Å²) in [6, 6.07) is 7.19. The number of ether oxygens (including phenoxy) is 4. The molecule has 0 saturated carbocycles. The van der Waals surface area contributed by atoms with E-state index in [2.05, 4.69) is 21.9 Å². The van der Waals surface area contributed by atoms with Gasteiger partial charge in [0.05, 0.1) is 19.3 Å². The molecule has 0 spiro atoms. The molecular formula is C32H40N4O7. The second kappa shape index (κ2) is 13.5. The van der Waals surface area contributed by atoms with Gasteiger partial charge in [0.25, 0.3) is 0 Å². The van der Waals surface area contributed by atoms with Crippen molar-refractivity contribution < 1.29 is 33.3 Å². The molecule has 1 N–H and O–H groups in total. The van der Waals surface area contributed by atoms with Gasteiger partial charge in [0, 0.05) is 36.5 Å². The third kappa shape index (κ3) is 9.16. The van der Waals surface area contributed by atoms with Crippen molar-refractivity contribution in [3.63, 3.8) is 0 Å². The van der Waals surface area contributed by atoms with Gasteiger partial charge >= 0.3 is 18.2 Å². The molecule has 230 valence electrons. The number of esters is 1. The number of hydrogen-bond donors (Lipinski definition) is 1. The summed E-state index contributed by atoms with van der Waals surface area (Å²) in [5.74, 6) is 0.851. The molecule has 0 saturated heterocycles. The van der Waals surface area contributed by atoms with Gasteiger partial charge in [-0.2, -0.15) is 4.90 Å². The highest BCUT2D eigenvalue weighted by Crippen LogP contribution is 2.37. The molecule has 11 nitrogen and oxygen atoms in total. The third-order valence-corrected chi connectivity index (χ3v) is 5.92. The van der Waals surface area contributed by atoms with Crippen LogP contribution in [0.5, 0.6) is 5.75 Å². The minimum atomic E-state index is -0.944. The average Bonchev–Trinajstić information content (AvgIpc) is 3.39. The Labute approximate surface area is 252 Å². The fourth-order valence-corrected chi connectivity index (χ4v) is 4.02. The fraction of sp³-hybridized carbons (Fsp3) is 0.406. The first kappa shape index (κ1) is 32.8. The zero-order valence-electron chi connectivity index (χ0n) is 26.1. The van der Waals surface area contributed by atoms with E-state index in [1.54, 1.807) is 72.0 Å². The first-order valence-corrected chi connectivity index (χ1v) is 13.8. The van der Waals surface area contributed by atoms with Crippen LogP contribution in [0.3, 0.4) is 0 Å². The Morgan fingerprint density at radius 3 is 2.37 bits per heavy atom. The van der Waals surface area contributed by atoms with E-state index in [-0.39, 0.29) is 5.82 Å². The van der Waals surface area contributed by atoms with Crippen molar-refractivity contribution in [2.75, 3.05) is 19.0 Å². The van der Waals surface area contributed by atoms with Gasteiger partial charge in [0.2, 0.25) is 0 Å². The van der Waals surface area contributed by atoms with E-state index in [0.29, 0.717) is 41.6 Å². The highest BCUT2D eigenvalue weighted by Gasteiger charge is 2.33. The van der Waals surface area contributed by atoms with Crippen molar-refractivity contribution in [1.29, 1.82) is 0 Å². The number of anilines is 1. The minimum absolute atomic E-state index is 0.164. The lowest BCUT2D eigenvalue weighted by atomic mass is 10.0. The molecular weight excluding hydrogens is 552 g/mol. The number of amides is 2. The second-order valence-corrected chi connectivity index (χ2v) is 11.8. The maximum absolute atomic E-state index is 12.8. The highest BCUT2D eigenvalue weighted by atomic mass is 16.6. The Bertz CT molecular complexity index is 1420. The number of allylic oxidation sites excluding steroid dienone is 2. The Balaban J connectivity index is 1.78. The summed E-state index contributed by atoms with van der Waals surface area (Å²) in [4.78, 5) is 47.0. The maximum Gasteiger partial charge on any atom is 0.425 e. The van der Waals surface area contributed by atoms with Crippen molar-refractivity contribution in [3.05, 3.63) is 71.2 Å². The van der Waals surface area contributed by atoms with Crippen LogP contribution in [0.4, 0.5) is 15.4 Å². The van der Waals surface area contributed by atoms with Crippen LogP contribution < -0.4 is 10.1 Å². The summed E-state index contributed by atoms with van der Waals surface area (Å²) < 4.78 is 21.5. The lowest BCUT2D eigenvalue weighted by molar-refractivity contribution is 0.00820. The standard InChI is InChI=1S/C32H40N4O7/c1-20(13-15-33-21(2)36(29(38)42-31(3,4)5)30(39)43-32(6,7)8)25-19-35-27(24-14-16-41-26(24)25)34-18-22-11-10-12-23(17-22)28(37)40-9/h10-13,15,17,19H,2,14,16,18H2,1,3-9H3,(H,34,35)/b20-13+,33-15-. The number of hydrogen-bond acceptors (Lipinski definition) is 10. The van der Waals surface area contributed by atoms with Crippen LogP contribution in [0.25, 0.3) is 5.57 Å². The van der Waals surface area contributed by atoms with Crippen LogP contribution in [-0.2, 0) is 27.2 Å². The van der Waals surface area contributed by atoms with Gasteiger partial charge in [0.1, 0.15) is 28.6 Å². The Morgan fingerprint density at radius 1 is 1.12 bits per heavy atom. The molecule has 11 heteroatoms. The molecule has 0 bridgehead atoms. The topological polar surface area (TPSA) is 129 Å². The van der Waals surface area contributed by atoms with Gasteiger partial charge in [-0.25, -0.2) is 24.4 Å². The van der Waals surface area contributed by atoms with Crippen LogP contribution in [0, 0.1) is 0 Å². The molecule has 2 heterocycles. The molecule has 1 aromatic carbocycles. The van der Waals surface area contributed by atoms with Crippen molar-refractivity contribution in [2.24, 2.45) is 4.99 Å². The number of benzene rings is 1. The molecule has 3 rings (SSSR count). The molecule has 43 heavy (non-hydrogen) atoms. The molecule has 1 aliphatic rings. The van der Waals surface area contributed by atoms with E-state index in [9.17, 15) is 14.4 Å². The minimum Gasteiger partial charge on any atom is -0.492 e. The van der Waals surface area contributed by atoms with E-state index in [0.717, 1.165) is 22.3 Å². The first-order chi connectivity index (χ1) is 20.1. The summed E-state index contributed by atoms with van der Waals surface area (Å²) >= 11 is 0. The first-order valence-electron chi connectivity index (χ1n) is 13.8. The number of imide groups is 1. The molecule has 0 aliphatic carbocycles. The number of carbonyl (C=O) groups is 3.